The van der Waals surface area contributed by atoms with Crippen molar-refractivity contribution in [1.82, 2.24) is 19.4 Å². The number of piperazine rings is 1. The van der Waals surface area contributed by atoms with Crippen molar-refractivity contribution in [3.05, 3.63) is 42.4 Å². The van der Waals surface area contributed by atoms with E-state index in [0.29, 0.717) is 37.5 Å². The molecule has 3 aromatic rings. The van der Waals surface area contributed by atoms with E-state index < -0.39 is 10.0 Å². The second-order valence-electron chi connectivity index (χ2n) is 8.05. The third-order valence-electron chi connectivity index (χ3n) is 6.05. The number of nitrogens with zero attached hydrogens (tertiary/aromatic N) is 6. The molecule has 4 heterocycles. The number of para-hydroxylation sites is 1. The Balaban J connectivity index is 1.25. The molecule has 31 heavy (non-hydrogen) atoms. The van der Waals surface area contributed by atoms with E-state index in [1.165, 1.54) is 19.3 Å². The highest BCUT2D eigenvalue weighted by Gasteiger charge is 2.29. The van der Waals surface area contributed by atoms with Crippen molar-refractivity contribution in [2.24, 2.45) is 0 Å². The number of anilines is 2. The number of fused-ring (bicyclic) bond motifs is 1. The lowest BCUT2D eigenvalue weighted by atomic mass is 10.1. The van der Waals surface area contributed by atoms with Gasteiger partial charge in [0, 0.05) is 50.7 Å². The van der Waals surface area contributed by atoms with E-state index in [0.717, 1.165) is 30.1 Å². The maximum Gasteiger partial charge on any atom is 0.220 e. The third kappa shape index (κ3) is 4.22. The molecule has 0 N–H and O–H groups in total. The number of hydrogen-bond donors (Lipinski definition) is 0. The maximum absolute atomic E-state index is 13.0. The lowest BCUT2D eigenvalue weighted by molar-refractivity contribution is 0.381. The molecule has 10 heteroatoms. The standard InChI is InChI=1S/C21H26N6O3S/c28-31(29,15-18-17-6-2-3-7-19(17)30-24-18)27-12-10-26(11-13-27)21-14-20(22-16-23-21)25-8-4-1-5-9-25/h2-3,6-7,14,16H,1,4-5,8-13,15H2. The van der Waals surface area contributed by atoms with Crippen molar-refractivity contribution in [2.45, 2.75) is 25.0 Å². The molecule has 2 saturated heterocycles. The van der Waals surface area contributed by atoms with Crippen LogP contribution in [0.2, 0.25) is 0 Å². The summed E-state index contributed by atoms with van der Waals surface area (Å²) in [6.07, 6.45) is 5.26. The first-order chi connectivity index (χ1) is 15.1. The fourth-order valence-electron chi connectivity index (χ4n) is 4.31. The minimum absolute atomic E-state index is 0.156. The van der Waals surface area contributed by atoms with Crippen LogP contribution in [0.25, 0.3) is 11.0 Å². The smallest absolute Gasteiger partial charge is 0.220 e. The highest BCUT2D eigenvalue weighted by Crippen LogP contribution is 2.24. The van der Waals surface area contributed by atoms with Gasteiger partial charge in [-0.1, -0.05) is 17.3 Å². The predicted molar refractivity (Wildman–Crippen MR) is 119 cm³/mol. The summed E-state index contributed by atoms with van der Waals surface area (Å²) in [7, 11) is -3.49. The zero-order chi connectivity index (χ0) is 21.3. The SMILES string of the molecule is O=S(=O)(Cc1noc2ccccc12)N1CCN(c2cc(N3CCCCC3)ncn2)CC1. The molecule has 0 spiro atoms. The minimum Gasteiger partial charge on any atom is -0.356 e. The van der Waals surface area contributed by atoms with Crippen LogP contribution in [0.4, 0.5) is 11.6 Å². The van der Waals surface area contributed by atoms with Gasteiger partial charge in [-0.15, -0.1) is 0 Å². The average molecular weight is 443 g/mol. The van der Waals surface area contributed by atoms with E-state index in [9.17, 15) is 8.42 Å². The topological polar surface area (TPSA) is 95.7 Å². The van der Waals surface area contributed by atoms with Crippen LogP contribution in [0.1, 0.15) is 25.0 Å². The second kappa shape index (κ2) is 8.43. The van der Waals surface area contributed by atoms with Gasteiger partial charge < -0.3 is 14.3 Å². The van der Waals surface area contributed by atoms with Gasteiger partial charge in [-0.2, -0.15) is 4.31 Å². The van der Waals surface area contributed by atoms with Crippen LogP contribution in [0, 0.1) is 0 Å². The Morgan fingerprint density at radius 2 is 1.55 bits per heavy atom. The van der Waals surface area contributed by atoms with Gasteiger partial charge in [0.1, 0.15) is 29.4 Å². The summed E-state index contributed by atoms with van der Waals surface area (Å²) >= 11 is 0. The van der Waals surface area contributed by atoms with Gasteiger partial charge in [0.25, 0.3) is 0 Å². The summed E-state index contributed by atoms with van der Waals surface area (Å²) in [5.74, 6) is 1.66. The van der Waals surface area contributed by atoms with Crippen molar-refractivity contribution < 1.29 is 12.9 Å². The zero-order valence-electron chi connectivity index (χ0n) is 17.4. The van der Waals surface area contributed by atoms with Crippen LogP contribution in [-0.2, 0) is 15.8 Å². The Kier molecular flexibility index (Phi) is 5.49. The number of benzene rings is 1. The Bertz CT molecular complexity index is 1150. The largest absolute Gasteiger partial charge is 0.356 e. The van der Waals surface area contributed by atoms with Gasteiger partial charge in [-0.25, -0.2) is 18.4 Å². The number of piperidine rings is 1. The lowest BCUT2D eigenvalue weighted by Crippen LogP contribution is -2.49. The summed E-state index contributed by atoms with van der Waals surface area (Å²) in [5.41, 5.74) is 1.06. The molecule has 0 saturated carbocycles. The first-order valence-electron chi connectivity index (χ1n) is 10.7. The molecule has 2 aromatic heterocycles. The summed E-state index contributed by atoms with van der Waals surface area (Å²) < 4.78 is 32.8. The molecule has 0 atom stereocenters. The molecule has 5 rings (SSSR count). The van der Waals surface area contributed by atoms with Crippen LogP contribution in [0.15, 0.2) is 41.2 Å². The first kappa shape index (κ1) is 20.2. The molecule has 2 aliphatic heterocycles. The normalized spacial score (nSPS) is 18.6. The van der Waals surface area contributed by atoms with Gasteiger partial charge in [0.15, 0.2) is 5.58 Å². The second-order valence-corrected chi connectivity index (χ2v) is 10.0. The van der Waals surface area contributed by atoms with E-state index >= 15 is 0 Å². The summed E-state index contributed by atoms with van der Waals surface area (Å²) in [5, 5.41) is 4.73. The monoisotopic (exact) mass is 442 g/mol. The van der Waals surface area contributed by atoms with Crippen LogP contribution in [-0.4, -0.2) is 67.1 Å². The highest BCUT2D eigenvalue weighted by atomic mass is 32.2. The molecule has 1 aromatic carbocycles. The molecular weight excluding hydrogens is 416 g/mol. The lowest BCUT2D eigenvalue weighted by Gasteiger charge is -2.35. The maximum atomic E-state index is 13.0. The summed E-state index contributed by atoms with van der Waals surface area (Å²) in [6, 6.07) is 9.35. The molecule has 2 aliphatic rings. The molecule has 9 nitrogen and oxygen atoms in total. The molecule has 0 radical (unpaired) electrons. The number of rotatable bonds is 5. The Labute approximate surface area is 181 Å². The van der Waals surface area contributed by atoms with E-state index in [2.05, 4.69) is 24.9 Å². The number of aromatic nitrogens is 3. The van der Waals surface area contributed by atoms with Crippen molar-refractivity contribution in [2.75, 3.05) is 49.1 Å². The van der Waals surface area contributed by atoms with Crippen LogP contribution < -0.4 is 9.80 Å². The molecule has 0 aliphatic carbocycles. The van der Waals surface area contributed by atoms with Gasteiger partial charge in [0.05, 0.1) is 0 Å². The Morgan fingerprint density at radius 3 is 2.29 bits per heavy atom. The molecular formula is C21H26N6O3S. The first-order valence-corrected chi connectivity index (χ1v) is 12.3. The Morgan fingerprint density at radius 1 is 0.871 bits per heavy atom. The summed E-state index contributed by atoms with van der Waals surface area (Å²) in [4.78, 5) is 13.3. The number of sulfonamides is 1. The number of hydrogen-bond acceptors (Lipinski definition) is 8. The molecule has 0 bridgehead atoms. The Hall–Kier alpha value is -2.72. The van der Waals surface area contributed by atoms with Crippen molar-refractivity contribution in [3.63, 3.8) is 0 Å². The molecule has 0 amide bonds. The summed E-state index contributed by atoms with van der Waals surface area (Å²) in [6.45, 7) is 4.07. The van der Waals surface area contributed by atoms with Crippen molar-refractivity contribution in [1.29, 1.82) is 0 Å². The average Bonchev–Trinajstić information content (AvgIpc) is 3.22. The van der Waals surface area contributed by atoms with Gasteiger partial charge >= 0.3 is 0 Å². The van der Waals surface area contributed by atoms with Crippen LogP contribution in [0.5, 0.6) is 0 Å². The fraction of sp³-hybridized carbons (Fsp3) is 0.476. The quantitative estimate of drug-likeness (QED) is 0.594. The highest BCUT2D eigenvalue weighted by molar-refractivity contribution is 7.88. The van der Waals surface area contributed by atoms with Crippen molar-refractivity contribution >= 4 is 32.6 Å². The molecule has 164 valence electrons. The fourth-order valence-corrected chi connectivity index (χ4v) is 5.76. The van der Waals surface area contributed by atoms with Gasteiger partial charge in [0.2, 0.25) is 10.0 Å². The van der Waals surface area contributed by atoms with Gasteiger partial charge in [-0.3, -0.25) is 0 Å². The molecule has 0 unspecified atom stereocenters. The van der Waals surface area contributed by atoms with E-state index in [1.807, 2.05) is 24.3 Å². The van der Waals surface area contributed by atoms with Crippen LogP contribution >= 0.6 is 0 Å². The van der Waals surface area contributed by atoms with E-state index in [1.54, 1.807) is 16.7 Å². The van der Waals surface area contributed by atoms with Gasteiger partial charge in [-0.05, 0) is 31.4 Å². The molecule has 2 fully saturated rings. The minimum atomic E-state index is -3.49. The van der Waals surface area contributed by atoms with Crippen molar-refractivity contribution in [3.8, 4) is 0 Å². The third-order valence-corrected chi connectivity index (χ3v) is 7.84. The van der Waals surface area contributed by atoms with E-state index in [4.69, 9.17) is 4.52 Å². The van der Waals surface area contributed by atoms with E-state index in [-0.39, 0.29) is 5.75 Å². The zero-order valence-corrected chi connectivity index (χ0v) is 18.2. The predicted octanol–water partition coefficient (Wildman–Crippen LogP) is 2.26. The van der Waals surface area contributed by atoms with Crippen LogP contribution in [0.3, 0.4) is 0 Å².